The summed E-state index contributed by atoms with van der Waals surface area (Å²) in [4.78, 5) is 2.56. The summed E-state index contributed by atoms with van der Waals surface area (Å²) in [5, 5.41) is 12.4. The minimum atomic E-state index is 0.327. The molecule has 0 spiro atoms. The zero-order valence-corrected chi connectivity index (χ0v) is 10.7. The van der Waals surface area contributed by atoms with Gasteiger partial charge in [0.05, 0.1) is 0 Å². The van der Waals surface area contributed by atoms with E-state index in [2.05, 4.69) is 17.1 Å². The normalized spacial score (nSPS) is 19.1. The van der Waals surface area contributed by atoms with Crippen LogP contribution < -0.4 is 5.32 Å². The first kappa shape index (κ1) is 13.9. The second kappa shape index (κ2) is 8.97. The van der Waals surface area contributed by atoms with Gasteiger partial charge < -0.3 is 15.3 Å². The maximum absolute atomic E-state index is 8.88. The van der Waals surface area contributed by atoms with Gasteiger partial charge in [-0.1, -0.05) is 13.3 Å². The zero-order valence-electron chi connectivity index (χ0n) is 10.7. The number of likely N-dealkylation sites (tertiary alicyclic amines) is 1. The molecule has 3 heteroatoms. The molecule has 0 radical (unpaired) electrons. The van der Waals surface area contributed by atoms with Crippen molar-refractivity contribution < 1.29 is 5.11 Å². The molecule has 96 valence electrons. The van der Waals surface area contributed by atoms with Gasteiger partial charge in [0.2, 0.25) is 0 Å². The fourth-order valence-electron chi connectivity index (χ4n) is 2.37. The Kier molecular flexibility index (Phi) is 7.81. The van der Waals surface area contributed by atoms with Crippen LogP contribution in [0.25, 0.3) is 0 Å². The second-order valence-electron chi connectivity index (χ2n) is 4.89. The van der Waals surface area contributed by atoms with Crippen molar-refractivity contribution in [1.29, 1.82) is 0 Å². The molecule has 0 aromatic carbocycles. The van der Waals surface area contributed by atoms with Crippen LogP contribution >= 0.6 is 0 Å². The second-order valence-corrected chi connectivity index (χ2v) is 4.89. The number of nitrogens with one attached hydrogen (secondary N) is 1. The first-order valence-corrected chi connectivity index (χ1v) is 6.90. The summed E-state index contributed by atoms with van der Waals surface area (Å²) in [5.74, 6) is 0.650. The number of aliphatic hydroxyl groups excluding tert-OH is 1. The van der Waals surface area contributed by atoms with Crippen molar-refractivity contribution in [2.45, 2.75) is 39.0 Å². The van der Waals surface area contributed by atoms with E-state index in [1.807, 2.05) is 0 Å². The number of aliphatic hydroxyl groups is 1. The molecule has 0 aromatic rings. The Morgan fingerprint density at radius 2 is 2.06 bits per heavy atom. The van der Waals surface area contributed by atoms with Crippen molar-refractivity contribution >= 4 is 0 Å². The smallest absolute Gasteiger partial charge is 0.0434 e. The van der Waals surface area contributed by atoms with Gasteiger partial charge in [0, 0.05) is 6.61 Å². The van der Waals surface area contributed by atoms with Crippen molar-refractivity contribution in [3.63, 3.8) is 0 Å². The lowest BCUT2D eigenvalue weighted by molar-refractivity contribution is 0.250. The Hall–Kier alpha value is -0.120. The van der Waals surface area contributed by atoms with Crippen LogP contribution in [0.5, 0.6) is 0 Å². The Morgan fingerprint density at radius 1 is 1.31 bits per heavy atom. The molecule has 1 unspecified atom stereocenters. The molecule has 1 rings (SSSR count). The molecule has 0 amide bonds. The highest BCUT2D eigenvalue weighted by atomic mass is 16.3. The average Bonchev–Trinajstić information content (AvgIpc) is 2.80. The third-order valence-electron chi connectivity index (χ3n) is 3.57. The highest BCUT2D eigenvalue weighted by molar-refractivity contribution is 4.67. The summed E-state index contributed by atoms with van der Waals surface area (Å²) < 4.78 is 0. The molecule has 16 heavy (non-hydrogen) atoms. The Morgan fingerprint density at radius 3 is 2.69 bits per heavy atom. The maximum Gasteiger partial charge on any atom is 0.0434 e. The third kappa shape index (κ3) is 5.83. The molecule has 1 saturated heterocycles. The monoisotopic (exact) mass is 228 g/mol. The van der Waals surface area contributed by atoms with E-state index in [4.69, 9.17) is 5.11 Å². The van der Waals surface area contributed by atoms with Gasteiger partial charge in [-0.05, 0) is 64.3 Å². The molecular weight excluding hydrogens is 200 g/mol. The van der Waals surface area contributed by atoms with Gasteiger partial charge in [0.15, 0.2) is 0 Å². The fraction of sp³-hybridized carbons (Fsp3) is 1.00. The molecule has 0 bridgehead atoms. The van der Waals surface area contributed by atoms with Crippen molar-refractivity contribution in [2.24, 2.45) is 5.92 Å². The summed E-state index contributed by atoms with van der Waals surface area (Å²) in [6.45, 7) is 8.59. The number of hydrogen-bond donors (Lipinski definition) is 2. The first-order valence-electron chi connectivity index (χ1n) is 6.90. The van der Waals surface area contributed by atoms with Crippen molar-refractivity contribution in [2.75, 3.05) is 39.3 Å². The van der Waals surface area contributed by atoms with Crippen LogP contribution in [0, 0.1) is 5.92 Å². The van der Waals surface area contributed by atoms with Gasteiger partial charge in [-0.2, -0.15) is 0 Å². The third-order valence-corrected chi connectivity index (χ3v) is 3.57. The van der Waals surface area contributed by atoms with Gasteiger partial charge in [-0.15, -0.1) is 0 Å². The minimum Gasteiger partial charge on any atom is -0.396 e. The lowest BCUT2D eigenvalue weighted by Gasteiger charge is -2.16. The SMILES string of the molecule is CCC(CCO)CNCCCN1CCCC1. The molecule has 1 heterocycles. The highest BCUT2D eigenvalue weighted by Gasteiger charge is 2.10. The lowest BCUT2D eigenvalue weighted by atomic mass is 10.0. The van der Waals surface area contributed by atoms with Crippen LogP contribution in [-0.2, 0) is 0 Å². The quantitative estimate of drug-likeness (QED) is 0.587. The molecule has 1 aliphatic rings. The Balaban J connectivity index is 1.89. The summed E-state index contributed by atoms with van der Waals surface area (Å²) in [7, 11) is 0. The van der Waals surface area contributed by atoms with Crippen molar-refractivity contribution in [3.05, 3.63) is 0 Å². The number of rotatable bonds is 9. The predicted octanol–water partition coefficient (Wildman–Crippen LogP) is 1.47. The average molecular weight is 228 g/mol. The molecule has 2 N–H and O–H groups in total. The van der Waals surface area contributed by atoms with E-state index >= 15 is 0 Å². The molecule has 3 nitrogen and oxygen atoms in total. The van der Waals surface area contributed by atoms with Crippen LogP contribution in [0.15, 0.2) is 0 Å². The van der Waals surface area contributed by atoms with E-state index in [9.17, 15) is 0 Å². The largest absolute Gasteiger partial charge is 0.396 e. The lowest BCUT2D eigenvalue weighted by Crippen LogP contribution is -2.28. The van der Waals surface area contributed by atoms with Crippen molar-refractivity contribution in [3.8, 4) is 0 Å². The van der Waals surface area contributed by atoms with Crippen LogP contribution in [0.3, 0.4) is 0 Å². The number of hydrogen-bond acceptors (Lipinski definition) is 3. The number of nitrogens with zero attached hydrogens (tertiary/aromatic N) is 1. The Bertz CT molecular complexity index is 158. The van der Waals surface area contributed by atoms with E-state index < -0.39 is 0 Å². The highest BCUT2D eigenvalue weighted by Crippen LogP contribution is 2.07. The van der Waals surface area contributed by atoms with Crippen LogP contribution in [0.1, 0.15) is 39.0 Å². The van der Waals surface area contributed by atoms with E-state index in [1.165, 1.54) is 45.3 Å². The topological polar surface area (TPSA) is 35.5 Å². The van der Waals surface area contributed by atoms with E-state index in [0.717, 1.165) is 19.5 Å². The van der Waals surface area contributed by atoms with E-state index in [0.29, 0.717) is 12.5 Å². The summed E-state index contributed by atoms with van der Waals surface area (Å²) in [5.41, 5.74) is 0. The van der Waals surface area contributed by atoms with Crippen LogP contribution in [0.2, 0.25) is 0 Å². The van der Waals surface area contributed by atoms with Gasteiger partial charge in [0.1, 0.15) is 0 Å². The summed E-state index contributed by atoms with van der Waals surface area (Å²) in [6.07, 6.45) is 6.15. The van der Waals surface area contributed by atoms with Gasteiger partial charge in [-0.3, -0.25) is 0 Å². The molecule has 1 aliphatic heterocycles. The molecular formula is C13H28N2O. The minimum absolute atomic E-state index is 0.327. The van der Waals surface area contributed by atoms with Crippen molar-refractivity contribution in [1.82, 2.24) is 10.2 Å². The van der Waals surface area contributed by atoms with Gasteiger partial charge >= 0.3 is 0 Å². The van der Waals surface area contributed by atoms with E-state index in [1.54, 1.807) is 0 Å². The zero-order chi connectivity index (χ0) is 11.6. The van der Waals surface area contributed by atoms with Crippen LogP contribution in [0.4, 0.5) is 0 Å². The molecule has 1 fully saturated rings. The van der Waals surface area contributed by atoms with Crippen LogP contribution in [-0.4, -0.2) is 49.3 Å². The van der Waals surface area contributed by atoms with Gasteiger partial charge in [0.25, 0.3) is 0 Å². The fourth-order valence-corrected chi connectivity index (χ4v) is 2.37. The van der Waals surface area contributed by atoms with E-state index in [-0.39, 0.29) is 0 Å². The molecule has 0 aliphatic carbocycles. The molecule has 0 aromatic heterocycles. The summed E-state index contributed by atoms with van der Waals surface area (Å²) >= 11 is 0. The maximum atomic E-state index is 8.88. The molecule has 1 atom stereocenters. The summed E-state index contributed by atoms with van der Waals surface area (Å²) in [6, 6.07) is 0. The predicted molar refractivity (Wildman–Crippen MR) is 68.6 cm³/mol. The standard InChI is InChI=1S/C13H28N2O/c1-2-13(6-11-16)12-14-7-5-10-15-8-3-4-9-15/h13-14,16H,2-12H2,1H3. The van der Waals surface area contributed by atoms with Gasteiger partial charge in [-0.25, -0.2) is 0 Å². The Labute approximate surface area is 100 Å². The first-order chi connectivity index (χ1) is 7.86. The molecule has 0 saturated carbocycles.